The largest absolute Gasteiger partial charge is 0.497 e. The number of nitrogens with one attached hydrogen (secondary N) is 1. The number of imide groups is 1. The lowest BCUT2D eigenvalue weighted by atomic mass is 9.97. The van der Waals surface area contributed by atoms with Crippen molar-refractivity contribution in [2.75, 3.05) is 26.7 Å². The van der Waals surface area contributed by atoms with E-state index in [1.807, 2.05) is 24.3 Å². The molecule has 0 spiro atoms. The van der Waals surface area contributed by atoms with Crippen molar-refractivity contribution in [1.29, 1.82) is 0 Å². The second-order valence-electron chi connectivity index (χ2n) is 7.18. The minimum atomic E-state index is -0.404. The molecule has 3 aromatic rings. The maximum absolute atomic E-state index is 12.3. The number of likely N-dealkylation sites (tertiary alicyclic amines) is 1. The van der Waals surface area contributed by atoms with E-state index in [2.05, 4.69) is 15.2 Å². The molecule has 0 unspecified atom stereocenters. The smallest absolute Gasteiger partial charge is 0.257 e. The molecular weight excluding hydrogens is 370 g/mol. The predicted molar refractivity (Wildman–Crippen MR) is 108 cm³/mol. The molecule has 150 valence electrons. The topological polar surface area (TPSA) is 84.7 Å². The van der Waals surface area contributed by atoms with Gasteiger partial charge in [0.2, 0.25) is 5.91 Å². The number of nitrogens with zero attached hydrogens (tertiary/aromatic N) is 2. The highest BCUT2D eigenvalue weighted by Crippen LogP contribution is 2.29. The number of benzene rings is 2. The van der Waals surface area contributed by atoms with Crippen LogP contribution >= 0.6 is 0 Å². The molecule has 2 heterocycles. The molecule has 1 saturated heterocycles. The summed E-state index contributed by atoms with van der Waals surface area (Å²) < 4.78 is 11.0. The van der Waals surface area contributed by atoms with Gasteiger partial charge in [0.25, 0.3) is 5.91 Å². The Morgan fingerprint density at radius 2 is 1.86 bits per heavy atom. The molecule has 7 heteroatoms. The van der Waals surface area contributed by atoms with Crippen molar-refractivity contribution in [3.63, 3.8) is 0 Å². The lowest BCUT2D eigenvalue weighted by molar-refractivity contribution is -0.121. The van der Waals surface area contributed by atoms with Gasteiger partial charge in [-0.2, -0.15) is 0 Å². The first-order valence-corrected chi connectivity index (χ1v) is 9.68. The van der Waals surface area contributed by atoms with E-state index in [1.54, 1.807) is 31.4 Å². The van der Waals surface area contributed by atoms with E-state index in [1.165, 1.54) is 0 Å². The fourth-order valence-electron chi connectivity index (χ4n) is 3.59. The van der Waals surface area contributed by atoms with Crippen molar-refractivity contribution < 1.29 is 18.7 Å². The molecule has 2 amide bonds. The number of carbonyl (C=O) groups is 2. The van der Waals surface area contributed by atoms with Crippen LogP contribution in [0, 0.1) is 0 Å². The van der Waals surface area contributed by atoms with Gasteiger partial charge in [0.1, 0.15) is 11.3 Å². The highest BCUT2D eigenvalue weighted by molar-refractivity contribution is 6.05. The van der Waals surface area contributed by atoms with Gasteiger partial charge in [-0.05, 0) is 62.3 Å². The van der Waals surface area contributed by atoms with Crippen LogP contribution in [0.2, 0.25) is 0 Å². The number of hydrogen-bond donors (Lipinski definition) is 1. The van der Waals surface area contributed by atoms with Crippen LogP contribution in [0.5, 0.6) is 5.75 Å². The average Bonchev–Trinajstić information content (AvgIpc) is 3.18. The summed E-state index contributed by atoms with van der Waals surface area (Å²) in [6.07, 6.45) is 1.74. The third kappa shape index (κ3) is 4.46. The van der Waals surface area contributed by atoms with Crippen LogP contribution in [0.15, 0.2) is 52.9 Å². The third-order valence-corrected chi connectivity index (χ3v) is 5.22. The first-order valence-electron chi connectivity index (χ1n) is 9.68. The number of methoxy groups -OCH3 is 1. The molecule has 0 aliphatic carbocycles. The highest BCUT2D eigenvalue weighted by atomic mass is 16.5. The van der Waals surface area contributed by atoms with Crippen LogP contribution in [0.4, 0.5) is 0 Å². The summed E-state index contributed by atoms with van der Waals surface area (Å²) in [5.74, 6) is 0.979. The number of fused-ring (bicyclic) bond motifs is 1. The molecule has 2 aromatic carbocycles. The lowest BCUT2D eigenvalue weighted by Gasteiger charge is -2.29. The Morgan fingerprint density at radius 1 is 1.14 bits per heavy atom. The Morgan fingerprint density at radius 3 is 2.55 bits per heavy atom. The van der Waals surface area contributed by atoms with Gasteiger partial charge in [-0.15, -0.1) is 0 Å². The van der Waals surface area contributed by atoms with Gasteiger partial charge in [-0.3, -0.25) is 19.8 Å². The molecular formula is C22H23N3O4. The van der Waals surface area contributed by atoms with Crippen LogP contribution in [-0.4, -0.2) is 48.4 Å². The van der Waals surface area contributed by atoms with Crippen LogP contribution in [0.25, 0.3) is 11.1 Å². The van der Waals surface area contributed by atoms with E-state index in [9.17, 15) is 9.59 Å². The minimum absolute atomic E-state index is 0.197. The molecule has 1 N–H and O–H groups in total. The highest BCUT2D eigenvalue weighted by Gasteiger charge is 2.26. The summed E-state index contributed by atoms with van der Waals surface area (Å²) >= 11 is 0. The van der Waals surface area contributed by atoms with Gasteiger partial charge in [0.05, 0.1) is 13.7 Å². The van der Waals surface area contributed by atoms with Crippen molar-refractivity contribution in [2.24, 2.45) is 0 Å². The number of piperidine rings is 1. The van der Waals surface area contributed by atoms with Gasteiger partial charge in [0.15, 0.2) is 11.5 Å². The van der Waals surface area contributed by atoms with Crippen molar-refractivity contribution in [3.8, 4) is 5.75 Å². The van der Waals surface area contributed by atoms with Gasteiger partial charge >= 0.3 is 0 Å². The van der Waals surface area contributed by atoms with Crippen LogP contribution in [0.1, 0.15) is 35.0 Å². The molecule has 1 aliphatic rings. The number of amides is 2. The molecule has 1 aliphatic heterocycles. The van der Waals surface area contributed by atoms with Crippen LogP contribution in [-0.2, 0) is 4.79 Å². The number of hydrogen-bond acceptors (Lipinski definition) is 6. The molecule has 29 heavy (non-hydrogen) atoms. The zero-order chi connectivity index (χ0) is 20.2. The van der Waals surface area contributed by atoms with Crippen molar-refractivity contribution in [3.05, 3.63) is 60.0 Å². The van der Waals surface area contributed by atoms with E-state index in [0.29, 0.717) is 11.3 Å². The summed E-state index contributed by atoms with van der Waals surface area (Å²) in [5.41, 5.74) is 2.11. The fraction of sp³-hybridized carbons (Fsp3) is 0.318. The normalized spacial score (nSPS) is 15.3. The molecule has 1 aromatic heterocycles. The standard InChI is InChI=1S/C22H23N3O4/c1-28-17-8-6-15(7-9-17)21(27)24-20(26)14-25-12-10-16(11-13-25)22-23-18-4-2-3-5-19(18)29-22/h2-9,16H,10-14H2,1H3,(H,24,26,27). The maximum Gasteiger partial charge on any atom is 0.257 e. The Kier molecular flexibility index (Phi) is 5.57. The van der Waals surface area contributed by atoms with E-state index in [-0.39, 0.29) is 18.4 Å². The molecule has 0 radical (unpaired) electrons. The average molecular weight is 393 g/mol. The Labute approximate surface area is 168 Å². The Hall–Kier alpha value is -3.19. The molecule has 1 fully saturated rings. The van der Waals surface area contributed by atoms with E-state index >= 15 is 0 Å². The molecule has 4 rings (SSSR count). The van der Waals surface area contributed by atoms with Crippen molar-refractivity contribution in [2.45, 2.75) is 18.8 Å². The SMILES string of the molecule is COc1ccc(C(=O)NC(=O)CN2CCC(c3nc4ccccc4o3)CC2)cc1. The monoisotopic (exact) mass is 393 g/mol. The van der Waals surface area contributed by atoms with Crippen LogP contribution in [0.3, 0.4) is 0 Å². The third-order valence-electron chi connectivity index (χ3n) is 5.22. The van der Waals surface area contributed by atoms with Gasteiger partial charge in [0, 0.05) is 11.5 Å². The minimum Gasteiger partial charge on any atom is -0.497 e. The number of carbonyl (C=O) groups excluding carboxylic acids is 2. The Balaban J connectivity index is 1.27. The molecule has 0 bridgehead atoms. The van der Waals surface area contributed by atoms with Crippen LogP contribution < -0.4 is 10.1 Å². The second-order valence-corrected chi connectivity index (χ2v) is 7.18. The predicted octanol–water partition coefficient (Wildman–Crippen LogP) is 2.97. The second kappa shape index (κ2) is 8.45. The fourth-order valence-corrected chi connectivity index (χ4v) is 3.59. The first kappa shape index (κ1) is 19.1. The van der Waals surface area contributed by atoms with E-state index < -0.39 is 5.91 Å². The number of para-hydroxylation sites is 2. The van der Waals surface area contributed by atoms with Gasteiger partial charge in [-0.1, -0.05) is 12.1 Å². The summed E-state index contributed by atoms with van der Waals surface area (Å²) in [6.45, 7) is 1.71. The van der Waals surface area contributed by atoms with E-state index in [0.717, 1.165) is 42.9 Å². The van der Waals surface area contributed by atoms with Gasteiger partial charge < -0.3 is 9.15 Å². The first-order chi connectivity index (χ1) is 14.1. The Bertz CT molecular complexity index is 971. The summed E-state index contributed by atoms with van der Waals surface area (Å²) in [5, 5.41) is 2.45. The number of aromatic nitrogens is 1. The zero-order valence-electron chi connectivity index (χ0n) is 16.3. The number of ether oxygens (including phenoxy) is 1. The van der Waals surface area contributed by atoms with E-state index in [4.69, 9.17) is 9.15 Å². The summed E-state index contributed by atoms with van der Waals surface area (Å²) in [4.78, 5) is 31.1. The zero-order valence-corrected chi connectivity index (χ0v) is 16.3. The number of rotatable bonds is 5. The molecule has 7 nitrogen and oxygen atoms in total. The maximum atomic E-state index is 12.3. The number of oxazole rings is 1. The summed E-state index contributed by atoms with van der Waals surface area (Å²) in [7, 11) is 1.56. The van der Waals surface area contributed by atoms with Crippen molar-refractivity contribution >= 4 is 22.9 Å². The molecule has 0 saturated carbocycles. The van der Waals surface area contributed by atoms with Gasteiger partial charge in [-0.25, -0.2) is 4.98 Å². The summed E-state index contributed by atoms with van der Waals surface area (Å²) in [6, 6.07) is 14.4. The van der Waals surface area contributed by atoms with Crippen molar-refractivity contribution in [1.82, 2.24) is 15.2 Å². The molecule has 0 atom stereocenters. The lowest BCUT2D eigenvalue weighted by Crippen LogP contribution is -2.43. The quantitative estimate of drug-likeness (QED) is 0.717.